The van der Waals surface area contributed by atoms with E-state index in [4.69, 9.17) is 0 Å². The molecular formula is C24H19NO4. The van der Waals surface area contributed by atoms with Crippen LogP contribution in [0, 0.1) is 0 Å². The van der Waals surface area contributed by atoms with Crippen molar-refractivity contribution in [3.63, 3.8) is 0 Å². The van der Waals surface area contributed by atoms with Crippen molar-refractivity contribution in [2.75, 3.05) is 0 Å². The minimum absolute atomic E-state index is 0.0443. The van der Waals surface area contributed by atoms with E-state index in [1.165, 1.54) is 17.0 Å². The molecule has 0 aromatic heterocycles. The molecule has 0 saturated carbocycles. The molecule has 1 fully saturated rings. The van der Waals surface area contributed by atoms with Crippen LogP contribution >= 0.6 is 0 Å². The van der Waals surface area contributed by atoms with E-state index < -0.39 is 17.7 Å². The Morgan fingerprint density at radius 2 is 1.41 bits per heavy atom. The van der Waals surface area contributed by atoms with Crippen molar-refractivity contribution in [2.24, 2.45) is 0 Å². The van der Waals surface area contributed by atoms with Crippen LogP contribution in [0.25, 0.3) is 5.76 Å². The highest BCUT2D eigenvalue weighted by atomic mass is 16.3. The van der Waals surface area contributed by atoms with Gasteiger partial charge >= 0.3 is 0 Å². The fraction of sp³-hybridized carbons (Fsp3) is 0.0833. The third kappa shape index (κ3) is 3.50. The van der Waals surface area contributed by atoms with Crippen LogP contribution in [0.15, 0.2) is 90.5 Å². The first-order valence-corrected chi connectivity index (χ1v) is 9.23. The van der Waals surface area contributed by atoms with Crippen LogP contribution in [0.5, 0.6) is 5.75 Å². The molecule has 1 saturated heterocycles. The number of aliphatic hydroxyl groups is 1. The van der Waals surface area contributed by atoms with Gasteiger partial charge in [-0.1, -0.05) is 72.8 Å². The van der Waals surface area contributed by atoms with Gasteiger partial charge in [0.25, 0.3) is 11.7 Å². The number of hydrogen-bond acceptors (Lipinski definition) is 4. The molecule has 5 nitrogen and oxygen atoms in total. The van der Waals surface area contributed by atoms with E-state index in [0.717, 1.165) is 5.56 Å². The number of nitrogens with zero attached hydrogens (tertiary/aromatic N) is 1. The van der Waals surface area contributed by atoms with E-state index in [9.17, 15) is 19.8 Å². The van der Waals surface area contributed by atoms with Gasteiger partial charge < -0.3 is 15.1 Å². The van der Waals surface area contributed by atoms with Gasteiger partial charge in [0, 0.05) is 12.1 Å². The number of phenols is 1. The Kier molecular flexibility index (Phi) is 4.87. The van der Waals surface area contributed by atoms with Crippen molar-refractivity contribution < 1.29 is 19.8 Å². The number of Topliss-reactive ketones (excluding diaryl/α,β-unsaturated/α-hetero) is 1. The maximum atomic E-state index is 12.9. The van der Waals surface area contributed by atoms with Crippen LogP contribution in [0.1, 0.15) is 22.7 Å². The van der Waals surface area contributed by atoms with Crippen molar-refractivity contribution >= 4 is 17.4 Å². The SMILES string of the molecule is O=C1C(=O)N(Cc2ccccc2)C(c2ccc(O)cc2)C1=C(O)c1ccccc1. The van der Waals surface area contributed by atoms with Crippen LogP contribution in [0.2, 0.25) is 0 Å². The molecule has 4 rings (SSSR count). The molecule has 1 amide bonds. The first kappa shape index (κ1) is 18.5. The summed E-state index contributed by atoms with van der Waals surface area (Å²) in [5.74, 6) is -1.51. The topological polar surface area (TPSA) is 77.8 Å². The second-order valence-corrected chi connectivity index (χ2v) is 6.87. The summed E-state index contributed by atoms with van der Waals surface area (Å²) in [7, 11) is 0. The van der Waals surface area contributed by atoms with Gasteiger partial charge in [0.05, 0.1) is 11.6 Å². The smallest absolute Gasteiger partial charge is 0.295 e. The zero-order valence-corrected chi connectivity index (χ0v) is 15.5. The molecule has 1 heterocycles. The lowest BCUT2D eigenvalue weighted by atomic mass is 9.95. The molecule has 3 aromatic carbocycles. The Labute approximate surface area is 168 Å². The van der Waals surface area contributed by atoms with Gasteiger partial charge in [-0.05, 0) is 23.3 Å². The molecule has 1 aliphatic rings. The Morgan fingerprint density at radius 1 is 0.828 bits per heavy atom. The Bertz CT molecular complexity index is 1070. The first-order valence-electron chi connectivity index (χ1n) is 9.23. The number of aliphatic hydroxyl groups excluding tert-OH is 1. The summed E-state index contributed by atoms with van der Waals surface area (Å²) in [5, 5.41) is 20.6. The molecule has 29 heavy (non-hydrogen) atoms. The second-order valence-electron chi connectivity index (χ2n) is 6.87. The van der Waals surface area contributed by atoms with Crippen molar-refractivity contribution in [3.05, 3.63) is 107 Å². The van der Waals surface area contributed by atoms with Gasteiger partial charge in [-0.3, -0.25) is 9.59 Å². The lowest BCUT2D eigenvalue weighted by Crippen LogP contribution is -2.29. The van der Waals surface area contributed by atoms with Gasteiger partial charge in [0.15, 0.2) is 0 Å². The number of rotatable bonds is 4. The van der Waals surface area contributed by atoms with E-state index in [2.05, 4.69) is 0 Å². The third-order valence-electron chi connectivity index (χ3n) is 4.99. The molecule has 144 valence electrons. The van der Waals surface area contributed by atoms with Crippen molar-refractivity contribution in [1.82, 2.24) is 4.90 Å². The predicted molar refractivity (Wildman–Crippen MR) is 109 cm³/mol. The summed E-state index contributed by atoms with van der Waals surface area (Å²) in [5.41, 5.74) is 2.02. The number of hydrogen-bond donors (Lipinski definition) is 2. The number of phenolic OH excluding ortho intramolecular Hbond substituents is 1. The van der Waals surface area contributed by atoms with E-state index in [-0.39, 0.29) is 23.6 Å². The number of aromatic hydroxyl groups is 1. The number of carbonyl (C=O) groups excluding carboxylic acids is 2. The number of amides is 1. The number of carbonyl (C=O) groups is 2. The summed E-state index contributed by atoms with van der Waals surface area (Å²) < 4.78 is 0. The monoisotopic (exact) mass is 385 g/mol. The summed E-state index contributed by atoms with van der Waals surface area (Å²) in [6.45, 7) is 0.225. The van der Waals surface area contributed by atoms with E-state index >= 15 is 0 Å². The minimum atomic E-state index is -0.754. The normalized spacial score (nSPS) is 18.2. The Hall–Kier alpha value is -3.86. The molecule has 5 heteroatoms. The van der Waals surface area contributed by atoms with Crippen LogP contribution in [-0.2, 0) is 16.1 Å². The van der Waals surface area contributed by atoms with Gasteiger partial charge in [0.1, 0.15) is 11.5 Å². The van der Waals surface area contributed by atoms with E-state index in [1.54, 1.807) is 36.4 Å². The molecular weight excluding hydrogens is 366 g/mol. The maximum Gasteiger partial charge on any atom is 0.295 e. The highest BCUT2D eigenvalue weighted by Crippen LogP contribution is 2.40. The predicted octanol–water partition coefficient (Wildman–Crippen LogP) is 4.01. The minimum Gasteiger partial charge on any atom is -0.508 e. The van der Waals surface area contributed by atoms with Gasteiger partial charge in [-0.2, -0.15) is 0 Å². The zero-order chi connectivity index (χ0) is 20.4. The summed E-state index contributed by atoms with van der Waals surface area (Å²) in [4.78, 5) is 27.3. The third-order valence-corrected chi connectivity index (χ3v) is 4.99. The van der Waals surface area contributed by atoms with Crippen LogP contribution in [0.3, 0.4) is 0 Å². The maximum absolute atomic E-state index is 12.9. The molecule has 1 aliphatic heterocycles. The van der Waals surface area contributed by atoms with Crippen LogP contribution < -0.4 is 0 Å². The summed E-state index contributed by atoms with van der Waals surface area (Å²) >= 11 is 0. The Balaban J connectivity index is 1.86. The van der Waals surface area contributed by atoms with E-state index in [1.807, 2.05) is 36.4 Å². The summed E-state index contributed by atoms with van der Waals surface area (Å²) in [6.07, 6.45) is 0. The van der Waals surface area contributed by atoms with Crippen LogP contribution in [0.4, 0.5) is 0 Å². The highest BCUT2D eigenvalue weighted by molar-refractivity contribution is 6.46. The molecule has 3 aromatic rings. The molecule has 0 radical (unpaired) electrons. The molecule has 0 bridgehead atoms. The number of ketones is 1. The Morgan fingerprint density at radius 3 is 2.03 bits per heavy atom. The zero-order valence-electron chi connectivity index (χ0n) is 15.5. The molecule has 1 unspecified atom stereocenters. The number of likely N-dealkylation sites (tertiary alicyclic amines) is 1. The number of benzene rings is 3. The fourth-order valence-electron chi connectivity index (χ4n) is 3.58. The van der Waals surface area contributed by atoms with Crippen molar-refractivity contribution in [2.45, 2.75) is 12.6 Å². The molecule has 0 spiro atoms. The van der Waals surface area contributed by atoms with Gasteiger partial charge in [-0.25, -0.2) is 0 Å². The average Bonchev–Trinajstić information content (AvgIpc) is 3.00. The van der Waals surface area contributed by atoms with Crippen molar-refractivity contribution in [3.8, 4) is 5.75 Å². The van der Waals surface area contributed by atoms with Gasteiger partial charge in [-0.15, -0.1) is 0 Å². The van der Waals surface area contributed by atoms with E-state index in [0.29, 0.717) is 11.1 Å². The molecule has 2 N–H and O–H groups in total. The lowest BCUT2D eigenvalue weighted by molar-refractivity contribution is -0.140. The molecule has 0 aliphatic carbocycles. The summed E-state index contributed by atoms with van der Waals surface area (Å²) in [6, 6.07) is 23.6. The highest BCUT2D eigenvalue weighted by Gasteiger charge is 2.46. The average molecular weight is 385 g/mol. The second kappa shape index (κ2) is 7.64. The standard InChI is InChI=1S/C24H19NO4/c26-19-13-11-17(12-14-19)21-20(22(27)18-9-5-2-6-10-18)23(28)24(29)25(21)15-16-7-3-1-4-8-16/h1-14,21,26-27H,15H2. The van der Waals surface area contributed by atoms with Gasteiger partial charge in [0.2, 0.25) is 0 Å². The molecule has 1 atom stereocenters. The quantitative estimate of drug-likeness (QED) is 0.404. The lowest BCUT2D eigenvalue weighted by Gasteiger charge is -2.25. The van der Waals surface area contributed by atoms with Crippen LogP contribution in [-0.4, -0.2) is 26.8 Å². The van der Waals surface area contributed by atoms with Crippen molar-refractivity contribution in [1.29, 1.82) is 0 Å². The fourth-order valence-corrected chi connectivity index (χ4v) is 3.58. The largest absolute Gasteiger partial charge is 0.508 e. The first-order chi connectivity index (χ1) is 14.1.